The number of likely N-dealkylation sites (N-methyl/N-ethyl adjacent to an activating group) is 1. The zero-order valence-corrected chi connectivity index (χ0v) is 11.8. The van der Waals surface area contributed by atoms with Crippen molar-refractivity contribution in [3.63, 3.8) is 0 Å². The molecule has 0 radical (unpaired) electrons. The predicted octanol–water partition coefficient (Wildman–Crippen LogP) is 2.25. The Balaban J connectivity index is 2.05. The van der Waals surface area contributed by atoms with Crippen LogP contribution in [0.2, 0.25) is 0 Å². The van der Waals surface area contributed by atoms with Crippen LogP contribution >= 0.6 is 0 Å². The molecule has 1 fully saturated rings. The quantitative estimate of drug-likeness (QED) is 0.709. The fourth-order valence-corrected chi connectivity index (χ4v) is 2.62. The van der Waals surface area contributed by atoms with Crippen molar-refractivity contribution in [2.45, 2.75) is 58.1 Å². The lowest BCUT2D eigenvalue weighted by Gasteiger charge is -2.24. The van der Waals surface area contributed by atoms with Gasteiger partial charge in [-0.1, -0.05) is 13.3 Å². The zero-order valence-electron chi connectivity index (χ0n) is 11.8. The van der Waals surface area contributed by atoms with Gasteiger partial charge in [0.15, 0.2) is 0 Å². The minimum Gasteiger partial charge on any atom is -0.377 e. The molecule has 3 heteroatoms. The third kappa shape index (κ3) is 7.02. The molecule has 0 aromatic heterocycles. The van der Waals surface area contributed by atoms with E-state index in [4.69, 9.17) is 10.5 Å². The van der Waals surface area contributed by atoms with E-state index in [2.05, 4.69) is 25.8 Å². The van der Waals surface area contributed by atoms with E-state index in [9.17, 15) is 0 Å². The van der Waals surface area contributed by atoms with Crippen LogP contribution in [0.5, 0.6) is 0 Å². The molecule has 2 N–H and O–H groups in total. The largest absolute Gasteiger partial charge is 0.377 e. The fourth-order valence-electron chi connectivity index (χ4n) is 2.62. The van der Waals surface area contributed by atoms with E-state index in [-0.39, 0.29) is 0 Å². The van der Waals surface area contributed by atoms with Gasteiger partial charge in [-0.2, -0.15) is 0 Å². The lowest BCUT2D eigenvalue weighted by Crippen LogP contribution is -2.32. The van der Waals surface area contributed by atoms with Gasteiger partial charge in [0.1, 0.15) is 0 Å². The van der Waals surface area contributed by atoms with Crippen LogP contribution in [0, 0.1) is 5.92 Å². The van der Waals surface area contributed by atoms with Crippen LogP contribution < -0.4 is 5.73 Å². The second-order valence-corrected chi connectivity index (χ2v) is 5.87. The van der Waals surface area contributed by atoms with Crippen LogP contribution in [-0.4, -0.2) is 43.8 Å². The molecule has 0 aliphatic carbocycles. The SMILES string of the molecule is CC(N)CCCC(C)CN(C)CC1CCCO1. The van der Waals surface area contributed by atoms with Crippen molar-refractivity contribution in [2.24, 2.45) is 11.7 Å². The van der Waals surface area contributed by atoms with E-state index >= 15 is 0 Å². The molecule has 17 heavy (non-hydrogen) atoms. The lowest BCUT2D eigenvalue weighted by atomic mass is 10.0. The first kappa shape index (κ1) is 14.9. The van der Waals surface area contributed by atoms with Crippen molar-refractivity contribution >= 4 is 0 Å². The minimum atomic E-state index is 0.354. The fraction of sp³-hybridized carbons (Fsp3) is 1.00. The summed E-state index contributed by atoms with van der Waals surface area (Å²) in [6.07, 6.45) is 6.66. The zero-order chi connectivity index (χ0) is 12.7. The van der Waals surface area contributed by atoms with Crippen molar-refractivity contribution in [3.05, 3.63) is 0 Å². The first-order valence-corrected chi connectivity index (χ1v) is 7.13. The average Bonchev–Trinajstić information content (AvgIpc) is 2.69. The molecule has 3 atom stereocenters. The molecule has 0 bridgehead atoms. The summed E-state index contributed by atoms with van der Waals surface area (Å²) in [5.41, 5.74) is 5.76. The van der Waals surface area contributed by atoms with Crippen molar-refractivity contribution in [1.82, 2.24) is 4.90 Å². The van der Waals surface area contributed by atoms with Crippen LogP contribution in [-0.2, 0) is 4.74 Å². The van der Waals surface area contributed by atoms with Gasteiger partial charge in [0.25, 0.3) is 0 Å². The number of hydrogen-bond donors (Lipinski definition) is 1. The maximum absolute atomic E-state index is 5.76. The van der Waals surface area contributed by atoms with Gasteiger partial charge in [-0.3, -0.25) is 0 Å². The van der Waals surface area contributed by atoms with Crippen LogP contribution in [0.4, 0.5) is 0 Å². The molecule has 0 spiro atoms. The van der Waals surface area contributed by atoms with E-state index < -0.39 is 0 Å². The molecule has 3 nitrogen and oxygen atoms in total. The highest BCUT2D eigenvalue weighted by Gasteiger charge is 2.18. The second kappa shape index (κ2) is 8.06. The molecule has 1 rings (SSSR count). The Labute approximate surface area is 107 Å². The van der Waals surface area contributed by atoms with Crippen LogP contribution in [0.25, 0.3) is 0 Å². The monoisotopic (exact) mass is 242 g/mol. The van der Waals surface area contributed by atoms with Crippen molar-refractivity contribution in [3.8, 4) is 0 Å². The van der Waals surface area contributed by atoms with Gasteiger partial charge in [0, 0.05) is 25.7 Å². The molecule has 0 aromatic rings. The van der Waals surface area contributed by atoms with Crippen LogP contribution in [0.15, 0.2) is 0 Å². The molecule has 1 aliphatic rings. The number of hydrogen-bond acceptors (Lipinski definition) is 3. The number of ether oxygens (including phenoxy) is 1. The molecule has 0 saturated carbocycles. The Morgan fingerprint density at radius 1 is 1.35 bits per heavy atom. The highest BCUT2D eigenvalue weighted by molar-refractivity contribution is 4.70. The van der Waals surface area contributed by atoms with Gasteiger partial charge >= 0.3 is 0 Å². The summed E-state index contributed by atoms with van der Waals surface area (Å²) >= 11 is 0. The third-order valence-corrected chi connectivity index (χ3v) is 3.52. The van der Waals surface area contributed by atoms with Crippen LogP contribution in [0.3, 0.4) is 0 Å². The molecular formula is C14H30N2O. The lowest BCUT2D eigenvalue weighted by molar-refractivity contribution is 0.0769. The first-order chi connectivity index (χ1) is 8.08. The van der Waals surface area contributed by atoms with Crippen molar-refractivity contribution < 1.29 is 4.74 Å². The van der Waals surface area contributed by atoms with Crippen LogP contribution in [0.1, 0.15) is 46.0 Å². The Hall–Kier alpha value is -0.120. The smallest absolute Gasteiger partial charge is 0.0702 e. The standard InChI is InChI=1S/C14H30N2O/c1-12(6-4-7-13(2)15)10-16(3)11-14-8-5-9-17-14/h12-14H,4-11,15H2,1-3H3. The highest BCUT2D eigenvalue weighted by atomic mass is 16.5. The maximum atomic E-state index is 5.76. The van der Waals surface area contributed by atoms with Gasteiger partial charge in [-0.25, -0.2) is 0 Å². The normalized spacial score (nSPS) is 24.2. The van der Waals surface area contributed by atoms with Gasteiger partial charge in [-0.15, -0.1) is 0 Å². The second-order valence-electron chi connectivity index (χ2n) is 5.87. The minimum absolute atomic E-state index is 0.354. The molecule has 1 saturated heterocycles. The molecule has 1 heterocycles. The van der Waals surface area contributed by atoms with Gasteiger partial charge in [-0.05, 0) is 45.6 Å². The van der Waals surface area contributed by atoms with Crippen molar-refractivity contribution in [1.29, 1.82) is 0 Å². The Morgan fingerprint density at radius 3 is 2.71 bits per heavy atom. The van der Waals surface area contributed by atoms with E-state index in [1.54, 1.807) is 0 Å². The van der Waals surface area contributed by atoms with E-state index in [1.165, 1.54) is 32.2 Å². The number of rotatable bonds is 8. The Bertz CT molecular complexity index is 191. The molecule has 0 aromatic carbocycles. The molecule has 1 aliphatic heterocycles. The van der Waals surface area contributed by atoms with E-state index in [0.29, 0.717) is 12.1 Å². The number of nitrogens with zero attached hydrogens (tertiary/aromatic N) is 1. The topological polar surface area (TPSA) is 38.5 Å². The van der Waals surface area contributed by atoms with Gasteiger partial charge < -0.3 is 15.4 Å². The summed E-state index contributed by atoms with van der Waals surface area (Å²) in [6, 6.07) is 0.354. The summed E-state index contributed by atoms with van der Waals surface area (Å²) in [4.78, 5) is 2.42. The summed E-state index contributed by atoms with van der Waals surface area (Å²) in [5, 5.41) is 0. The van der Waals surface area contributed by atoms with Gasteiger partial charge in [0.2, 0.25) is 0 Å². The molecular weight excluding hydrogens is 212 g/mol. The first-order valence-electron chi connectivity index (χ1n) is 7.13. The third-order valence-electron chi connectivity index (χ3n) is 3.52. The Morgan fingerprint density at radius 2 is 2.12 bits per heavy atom. The molecule has 102 valence electrons. The predicted molar refractivity (Wildman–Crippen MR) is 73.1 cm³/mol. The number of nitrogens with two attached hydrogens (primary N) is 1. The van der Waals surface area contributed by atoms with E-state index in [1.807, 2.05) is 0 Å². The molecule has 3 unspecified atom stereocenters. The van der Waals surface area contributed by atoms with Gasteiger partial charge in [0.05, 0.1) is 6.10 Å². The van der Waals surface area contributed by atoms with Crippen molar-refractivity contribution in [2.75, 3.05) is 26.7 Å². The summed E-state index contributed by atoms with van der Waals surface area (Å²) in [6.45, 7) is 7.67. The average molecular weight is 242 g/mol. The summed E-state index contributed by atoms with van der Waals surface area (Å²) < 4.78 is 5.66. The summed E-state index contributed by atoms with van der Waals surface area (Å²) in [7, 11) is 2.21. The van der Waals surface area contributed by atoms with E-state index in [0.717, 1.165) is 25.5 Å². The highest BCUT2D eigenvalue weighted by Crippen LogP contribution is 2.15. The molecule has 0 amide bonds. The summed E-state index contributed by atoms with van der Waals surface area (Å²) in [5.74, 6) is 0.764. The maximum Gasteiger partial charge on any atom is 0.0702 e. The Kier molecular flexibility index (Phi) is 7.09.